The molecule has 88 valence electrons. The summed E-state index contributed by atoms with van der Waals surface area (Å²) in [5.74, 6) is -0.0771. The molecular weight excluding hydrogens is 212 g/mol. The molecule has 0 amide bonds. The van der Waals surface area contributed by atoms with Crippen LogP contribution < -0.4 is 5.32 Å². The quantitative estimate of drug-likeness (QED) is 0.814. The van der Waals surface area contributed by atoms with Crippen LogP contribution in [0.1, 0.15) is 35.5 Å². The lowest BCUT2D eigenvalue weighted by Crippen LogP contribution is -2.08. The van der Waals surface area contributed by atoms with E-state index < -0.39 is 6.43 Å². The van der Waals surface area contributed by atoms with Gasteiger partial charge in [0.1, 0.15) is 5.75 Å². The highest BCUT2D eigenvalue weighted by molar-refractivity contribution is 5.46. The highest BCUT2D eigenvalue weighted by Gasteiger charge is 2.24. The monoisotopic (exact) mass is 227 g/mol. The van der Waals surface area contributed by atoms with Crippen molar-refractivity contribution in [3.63, 3.8) is 0 Å². The lowest BCUT2D eigenvalue weighted by Gasteiger charge is -2.15. The SMILES string of the molecule is Cc1cc(C(F)F)c(O)c(C2CCNC2)c1. The predicted molar refractivity (Wildman–Crippen MR) is 58.0 cm³/mol. The van der Waals surface area contributed by atoms with Gasteiger partial charge in [-0.25, -0.2) is 8.78 Å². The van der Waals surface area contributed by atoms with Crippen LogP contribution >= 0.6 is 0 Å². The molecule has 1 unspecified atom stereocenters. The highest BCUT2D eigenvalue weighted by atomic mass is 19.3. The second-order valence-corrected chi connectivity index (χ2v) is 4.28. The summed E-state index contributed by atoms with van der Waals surface area (Å²) in [6.07, 6.45) is -1.73. The number of phenols is 1. The lowest BCUT2D eigenvalue weighted by molar-refractivity contribution is 0.147. The molecule has 0 bridgehead atoms. The summed E-state index contributed by atoms with van der Waals surface area (Å²) in [5.41, 5.74) is 1.18. The topological polar surface area (TPSA) is 32.3 Å². The van der Waals surface area contributed by atoms with E-state index in [1.165, 1.54) is 6.07 Å². The van der Waals surface area contributed by atoms with Crippen molar-refractivity contribution in [3.8, 4) is 5.75 Å². The van der Waals surface area contributed by atoms with Crippen molar-refractivity contribution in [2.24, 2.45) is 0 Å². The van der Waals surface area contributed by atoms with Gasteiger partial charge in [0.05, 0.1) is 5.56 Å². The molecule has 1 heterocycles. The smallest absolute Gasteiger partial charge is 0.267 e. The molecule has 16 heavy (non-hydrogen) atoms. The Hall–Kier alpha value is -1.16. The van der Waals surface area contributed by atoms with E-state index in [1.54, 1.807) is 13.0 Å². The second-order valence-electron chi connectivity index (χ2n) is 4.28. The zero-order valence-corrected chi connectivity index (χ0v) is 9.13. The fraction of sp³-hybridized carbons (Fsp3) is 0.500. The fourth-order valence-electron chi connectivity index (χ4n) is 2.23. The van der Waals surface area contributed by atoms with Gasteiger partial charge in [-0.15, -0.1) is 0 Å². The van der Waals surface area contributed by atoms with E-state index in [1.807, 2.05) is 0 Å². The number of aromatic hydroxyl groups is 1. The Balaban J connectivity index is 2.43. The first-order valence-corrected chi connectivity index (χ1v) is 5.42. The Labute approximate surface area is 93.3 Å². The second kappa shape index (κ2) is 4.37. The molecule has 4 heteroatoms. The van der Waals surface area contributed by atoms with Gasteiger partial charge in [-0.2, -0.15) is 0 Å². The van der Waals surface area contributed by atoms with Crippen LogP contribution in [0.3, 0.4) is 0 Å². The minimum atomic E-state index is -2.62. The van der Waals surface area contributed by atoms with Crippen molar-refractivity contribution < 1.29 is 13.9 Å². The Morgan fingerprint density at radius 1 is 1.44 bits per heavy atom. The van der Waals surface area contributed by atoms with Crippen molar-refractivity contribution in [1.29, 1.82) is 0 Å². The lowest BCUT2D eigenvalue weighted by atomic mass is 9.93. The van der Waals surface area contributed by atoms with Gasteiger partial charge in [0.25, 0.3) is 6.43 Å². The Kier molecular flexibility index (Phi) is 3.10. The molecule has 2 N–H and O–H groups in total. The van der Waals surface area contributed by atoms with Gasteiger partial charge in [0, 0.05) is 12.5 Å². The zero-order valence-electron chi connectivity index (χ0n) is 9.13. The van der Waals surface area contributed by atoms with Crippen molar-refractivity contribution in [1.82, 2.24) is 5.32 Å². The summed E-state index contributed by atoms with van der Waals surface area (Å²) in [7, 11) is 0. The van der Waals surface area contributed by atoms with Gasteiger partial charge in [0.15, 0.2) is 0 Å². The zero-order chi connectivity index (χ0) is 11.7. The predicted octanol–water partition coefficient (Wildman–Crippen LogP) is 2.72. The summed E-state index contributed by atoms with van der Waals surface area (Å²) in [4.78, 5) is 0. The van der Waals surface area contributed by atoms with Crippen LogP contribution in [0, 0.1) is 6.92 Å². The van der Waals surface area contributed by atoms with Gasteiger partial charge < -0.3 is 10.4 Å². The van der Waals surface area contributed by atoms with Crippen LogP contribution in [-0.2, 0) is 0 Å². The third-order valence-corrected chi connectivity index (χ3v) is 3.05. The molecule has 0 radical (unpaired) electrons. The van der Waals surface area contributed by atoms with E-state index >= 15 is 0 Å². The first-order chi connectivity index (χ1) is 7.59. The standard InChI is InChI=1S/C12H15F2NO/c1-7-4-9(8-2-3-15-6-8)11(16)10(5-7)12(13)14/h4-5,8,12,15-16H,2-3,6H2,1H3. The van der Waals surface area contributed by atoms with E-state index in [0.29, 0.717) is 5.56 Å². The number of rotatable bonds is 2. The Morgan fingerprint density at radius 2 is 2.19 bits per heavy atom. The van der Waals surface area contributed by atoms with Crippen molar-refractivity contribution >= 4 is 0 Å². The molecule has 1 aromatic carbocycles. The summed E-state index contributed by atoms with van der Waals surface area (Å²) in [6.45, 7) is 3.40. The van der Waals surface area contributed by atoms with Crippen LogP contribution in [0.25, 0.3) is 0 Å². The summed E-state index contributed by atoms with van der Waals surface area (Å²) in [5, 5.41) is 13.0. The third kappa shape index (κ3) is 2.02. The molecule has 1 atom stereocenters. The van der Waals surface area contributed by atoms with Crippen molar-refractivity contribution in [2.75, 3.05) is 13.1 Å². The molecular formula is C12H15F2NO. The molecule has 1 aliphatic rings. The summed E-state index contributed by atoms with van der Waals surface area (Å²) >= 11 is 0. The molecule has 0 aliphatic carbocycles. The number of phenolic OH excluding ortho intramolecular Hbond substituents is 1. The molecule has 1 saturated heterocycles. The average molecular weight is 227 g/mol. The molecule has 2 nitrogen and oxygen atoms in total. The maximum atomic E-state index is 12.7. The van der Waals surface area contributed by atoms with E-state index in [-0.39, 0.29) is 17.2 Å². The summed E-state index contributed by atoms with van der Waals surface area (Å²) < 4.78 is 25.4. The van der Waals surface area contributed by atoms with Gasteiger partial charge in [-0.05, 0) is 31.5 Å². The first-order valence-electron chi connectivity index (χ1n) is 5.42. The molecule has 1 aromatic rings. The van der Waals surface area contributed by atoms with E-state index in [9.17, 15) is 13.9 Å². The van der Waals surface area contributed by atoms with E-state index in [2.05, 4.69) is 5.32 Å². The van der Waals surface area contributed by atoms with Crippen LogP contribution in [0.2, 0.25) is 0 Å². The fourth-order valence-corrected chi connectivity index (χ4v) is 2.23. The first kappa shape index (κ1) is 11.3. The van der Waals surface area contributed by atoms with Gasteiger partial charge >= 0.3 is 0 Å². The molecule has 0 aromatic heterocycles. The maximum Gasteiger partial charge on any atom is 0.267 e. The average Bonchev–Trinajstić information content (AvgIpc) is 2.73. The largest absolute Gasteiger partial charge is 0.507 e. The van der Waals surface area contributed by atoms with Crippen molar-refractivity contribution in [2.45, 2.75) is 25.7 Å². The Bertz CT molecular complexity index is 387. The van der Waals surface area contributed by atoms with Crippen LogP contribution in [0.15, 0.2) is 12.1 Å². The number of alkyl halides is 2. The van der Waals surface area contributed by atoms with Gasteiger partial charge in [-0.1, -0.05) is 11.6 Å². The van der Waals surface area contributed by atoms with E-state index in [4.69, 9.17) is 0 Å². The molecule has 1 fully saturated rings. The minimum Gasteiger partial charge on any atom is -0.507 e. The maximum absolute atomic E-state index is 12.7. The summed E-state index contributed by atoms with van der Waals surface area (Å²) in [6, 6.07) is 3.16. The van der Waals surface area contributed by atoms with Crippen LogP contribution in [0.5, 0.6) is 5.75 Å². The molecule has 0 spiro atoms. The molecule has 2 rings (SSSR count). The van der Waals surface area contributed by atoms with E-state index in [0.717, 1.165) is 25.1 Å². The highest BCUT2D eigenvalue weighted by Crippen LogP contribution is 2.37. The van der Waals surface area contributed by atoms with Crippen LogP contribution in [-0.4, -0.2) is 18.2 Å². The Morgan fingerprint density at radius 3 is 2.75 bits per heavy atom. The number of aryl methyl sites for hydroxylation is 1. The number of hydrogen-bond acceptors (Lipinski definition) is 2. The number of halogens is 2. The van der Waals surface area contributed by atoms with Crippen molar-refractivity contribution in [3.05, 3.63) is 28.8 Å². The number of hydrogen-bond donors (Lipinski definition) is 2. The molecule has 0 saturated carbocycles. The third-order valence-electron chi connectivity index (χ3n) is 3.05. The van der Waals surface area contributed by atoms with Gasteiger partial charge in [-0.3, -0.25) is 0 Å². The number of nitrogens with one attached hydrogen (secondary N) is 1. The van der Waals surface area contributed by atoms with Crippen LogP contribution in [0.4, 0.5) is 8.78 Å². The minimum absolute atomic E-state index is 0.150. The van der Waals surface area contributed by atoms with Gasteiger partial charge in [0.2, 0.25) is 0 Å². The normalized spacial score (nSPS) is 20.6. The molecule has 1 aliphatic heterocycles. The number of benzene rings is 1.